The third-order valence-corrected chi connectivity index (χ3v) is 9.43. The molecule has 2 amide bonds. The molecule has 1 N–H and O–H groups in total. The molecule has 1 fully saturated rings. The maximum atomic E-state index is 14.8. The lowest BCUT2D eigenvalue weighted by molar-refractivity contribution is -0.139. The van der Waals surface area contributed by atoms with Crippen LogP contribution in [0.1, 0.15) is 49.3 Å². The molecule has 8 nitrogen and oxygen atoms in total. The fourth-order valence-corrected chi connectivity index (χ4v) is 6.55. The van der Waals surface area contributed by atoms with E-state index in [9.17, 15) is 22.4 Å². The second-order valence-corrected chi connectivity index (χ2v) is 12.6. The summed E-state index contributed by atoms with van der Waals surface area (Å²) in [5, 5.41) is 3.01. The van der Waals surface area contributed by atoms with Gasteiger partial charge in [-0.3, -0.25) is 13.9 Å². The molecule has 1 saturated carbocycles. The van der Waals surface area contributed by atoms with Crippen molar-refractivity contribution in [3.63, 3.8) is 0 Å². The molecule has 0 aliphatic heterocycles. The van der Waals surface area contributed by atoms with Gasteiger partial charge in [0.2, 0.25) is 11.8 Å². The van der Waals surface area contributed by atoms with Crippen molar-refractivity contribution in [3.8, 4) is 5.75 Å². The van der Waals surface area contributed by atoms with E-state index in [0.717, 1.165) is 41.1 Å². The highest BCUT2D eigenvalue weighted by molar-refractivity contribution is 7.92. The van der Waals surface area contributed by atoms with Crippen molar-refractivity contribution >= 4 is 27.5 Å². The van der Waals surface area contributed by atoms with Gasteiger partial charge in [0.25, 0.3) is 10.0 Å². The summed E-state index contributed by atoms with van der Waals surface area (Å²) in [7, 11) is -2.84. The summed E-state index contributed by atoms with van der Waals surface area (Å²) in [6, 6.07) is 16.4. The number of methoxy groups -OCH3 is 1. The Hall–Kier alpha value is -3.92. The van der Waals surface area contributed by atoms with Gasteiger partial charge >= 0.3 is 0 Å². The number of anilines is 1. The summed E-state index contributed by atoms with van der Waals surface area (Å²) >= 11 is 0. The van der Waals surface area contributed by atoms with Gasteiger partial charge in [0.15, 0.2) is 0 Å². The van der Waals surface area contributed by atoms with Gasteiger partial charge in [-0.1, -0.05) is 54.8 Å². The van der Waals surface area contributed by atoms with Crippen LogP contribution >= 0.6 is 0 Å². The van der Waals surface area contributed by atoms with Crippen molar-refractivity contribution in [3.05, 3.63) is 89.2 Å². The average molecular weight is 596 g/mol. The van der Waals surface area contributed by atoms with Crippen LogP contribution in [0, 0.1) is 19.7 Å². The molecule has 3 aromatic carbocycles. The number of halogens is 1. The Kier molecular flexibility index (Phi) is 9.88. The molecule has 0 aromatic heterocycles. The number of carbonyl (C=O) groups is 2. The van der Waals surface area contributed by atoms with Crippen molar-refractivity contribution in [1.82, 2.24) is 10.2 Å². The minimum absolute atomic E-state index is 0.00265. The lowest BCUT2D eigenvalue weighted by Crippen LogP contribution is -2.52. The zero-order valence-corrected chi connectivity index (χ0v) is 25.3. The lowest BCUT2D eigenvalue weighted by Gasteiger charge is -2.33. The van der Waals surface area contributed by atoms with Gasteiger partial charge in [0.05, 0.1) is 17.7 Å². The van der Waals surface area contributed by atoms with E-state index in [2.05, 4.69) is 5.32 Å². The number of hydrogen-bond donors (Lipinski definition) is 1. The van der Waals surface area contributed by atoms with Crippen molar-refractivity contribution in [2.75, 3.05) is 18.0 Å². The number of ether oxygens (including phenoxy) is 1. The van der Waals surface area contributed by atoms with E-state index in [4.69, 9.17) is 4.74 Å². The molecule has 0 spiro atoms. The Morgan fingerprint density at radius 2 is 1.64 bits per heavy atom. The van der Waals surface area contributed by atoms with Crippen molar-refractivity contribution in [2.24, 2.45) is 0 Å². The first-order valence-corrected chi connectivity index (χ1v) is 15.5. The van der Waals surface area contributed by atoms with Gasteiger partial charge in [-0.2, -0.15) is 0 Å². The maximum absolute atomic E-state index is 14.8. The molecule has 0 saturated heterocycles. The van der Waals surface area contributed by atoms with E-state index >= 15 is 0 Å². The molecule has 1 atom stereocenters. The van der Waals surface area contributed by atoms with Gasteiger partial charge in [-0.05, 0) is 69.5 Å². The number of amides is 2. The molecule has 1 unspecified atom stereocenters. The van der Waals surface area contributed by atoms with E-state index in [-0.39, 0.29) is 40.4 Å². The highest BCUT2D eigenvalue weighted by Crippen LogP contribution is 2.34. The second kappa shape index (κ2) is 13.4. The number of hydrogen-bond acceptors (Lipinski definition) is 5. The molecule has 4 rings (SSSR count). The molecule has 10 heteroatoms. The Morgan fingerprint density at radius 1 is 1.00 bits per heavy atom. The van der Waals surface area contributed by atoms with E-state index in [1.54, 1.807) is 62.4 Å². The summed E-state index contributed by atoms with van der Waals surface area (Å²) in [4.78, 5) is 28.7. The molecule has 0 heterocycles. The van der Waals surface area contributed by atoms with Crippen LogP contribution in [0.15, 0.2) is 71.6 Å². The topological polar surface area (TPSA) is 96.0 Å². The van der Waals surface area contributed by atoms with Gasteiger partial charge in [0, 0.05) is 18.2 Å². The normalized spacial score (nSPS) is 14.3. The molecule has 0 radical (unpaired) electrons. The summed E-state index contributed by atoms with van der Waals surface area (Å²) < 4.78 is 49.4. The number of nitrogens with zero attached hydrogens (tertiary/aromatic N) is 2. The molecule has 1 aliphatic rings. The Bertz CT molecular complexity index is 1520. The smallest absolute Gasteiger partial charge is 0.264 e. The fourth-order valence-electron chi connectivity index (χ4n) is 5.13. The quantitative estimate of drug-likeness (QED) is 0.332. The maximum Gasteiger partial charge on any atom is 0.264 e. The monoisotopic (exact) mass is 595 g/mol. The highest BCUT2D eigenvalue weighted by atomic mass is 32.2. The Balaban J connectivity index is 1.75. The lowest BCUT2D eigenvalue weighted by atomic mass is 10.1. The molecule has 42 heavy (non-hydrogen) atoms. The first-order valence-electron chi connectivity index (χ1n) is 14.1. The number of benzene rings is 3. The minimum Gasteiger partial charge on any atom is -0.495 e. The first kappa shape index (κ1) is 31.0. The highest BCUT2D eigenvalue weighted by Gasteiger charge is 2.34. The first-order chi connectivity index (χ1) is 20.0. The number of aryl methyl sites for hydroxylation is 2. The summed E-state index contributed by atoms with van der Waals surface area (Å²) in [5.41, 5.74) is 2.03. The van der Waals surface area contributed by atoms with Crippen molar-refractivity contribution in [1.29, 1.82) is 0 Å². The van der Waals surface area contributed by atoms with E-state index in [0.29, 0.717) is 0 Å². The van der Waals surface area contributed by atoms with Crippen LogP contribution in [-0.4, -0.2) is 50.9 Å². The molecule has 0 bridgehead atoms. The van der Waals surface area contributed by atoms with Crippen molar-refractivity contribution in [2.45, 2.75) is 70.0 Å². The Morgan fingerprint density at radius 3 is 2.29 bits per heavy atom. The van der Waals surface area contributed by atoms with Crippen LogP contribution in [0.25, 0.3) is 0 Å². The average Bonchev–Trinajstić information content (AvgIpc) is 3.48. The van der Waals surface area contributed by atoms with Gasteiger partial charge in [0.1, 0.15) is 24.2 Å². The molecular formula is C32H38FN3O5S. The minimum atomic E-state index is -4.26. The van der Waals surface area contributed by atoms with Crippen LogP contribution in [0.5, 0.6) is 5.75 Å². The third-order valence-electron chi connectivity index (χ3n) is 7.66. The second-order valence-electron chi connectivity index (χ2n) is 10.8. The third kappa shape index (κ3) is 7.10. The van der Waals surface area contributed by atoms with Crippen LogP contribution in [0.2, 0.25) is 0 Å². The van der Waals surface area contributed by atoms with E-state index in [1.807, 2.05) is 6.92 Å². The van der Waals surface area contributed by atoms with Crippen LogP contribution < -0.4 is 14.4 Å². The number of nitrogens with one attached hydrogen (secondary N) is 1. The van der Waals surface area contributed by atoms with E-state index < -0.39 is 34.3 Å². The molecule has 3 aromatic rings. The van der Waals surface area contributed by atoms with Gasteiger partial charge in [-0.15, -0.1) is 0 Å². The predicted octanol–water partition coefficient (Wildman–Crippen LogP) is 5.12. The van der Waals surface area contributed by atoms with E-state index in [1.165, 1.54) is 30.2 Å². The molecule has 1 aliphatic carbocycles. The number of rotatable bonds is 11. The molecule has 224 valence electrons. The van der Waals surface area contributed by atoms with Crippen LogP contribution in [-0.2, 0) is 26.2 Å². The predicted molar refractivity (Wildman–Crippen MR) is 160 cm³/mol. The SMILES string of the molecule is COc1ccc(C)cc1N(CC(=O)N(Cc1ccccc1F)C(C)C(=O)NC1CCCC1)S(=O)(=O)c1ccc(C)cc1. The fraction of sp³-hybridized carbons (Fsp3) is 0.375. The van der Waals surface area contributed by atoms with Crippen LogP contribution in [0.4, 0.5) is 10.1 Å². The van der Waals surface area contributed by atoms with Gasteiger partial charge < -0.3 is 15.0 Å². The Labute approximate surface area is 247 Å². The van der Waals surface area contributed by atoms with Gasteiger partial charge in [-0.25, -0.2) is 12.8 Å². The zero-order valence-electron chi connectivity index (χ0n) is 24.5. The summed E-state index contributed by atoms with van der Waals surface area (Å²) in [5.74, 6) is -1.29. The standard InChI is InChI=1S/C32H38FN3O5S/c1-22-13-16-27(17-14-22)42(39,40)36(29-19-23(2)15-18-30(29)41-4)21-31(37)35(20-25-9-5-8-12-28(25)33)24(3)32(38)34-26-10-6-7-11-26/h5,8-9,12-19,24,26H,6-7,10-11,20-21H2,1-4H3,(H,34,38). The largest absolute Gasteiger partial charge is 0.495 e. The zero-order chi connectivity index (χ0) is 30.4. The number of sulfonamides is 1. The van der Waals surface area contributed by atoms with Crippen LogP contribution in [0.3, 0.4) is 0 Å². The summed E-state index contributed by atoms with van der Waals surface area (Å²) in [6.07, 6.45) is 3.74. The van der Waals surface area contributed by atoms with Crippen molar-refractivity contribution < 1.29 is 27.1 Å². The summed E-state index contributed by atoms with van der Waals surface area (Å²) in [6.45, 7) is 4.38. The molecular weight excluding hydrogens is 557 g/mol. The number of carbonyl (C=O) groups excluding carboxylic acids is 2.